The van der Waals surface area contributed by atoms with Gasteiger partial charge in [-0.1, -0.05) is 65.8 Å². The number of hydrogen-bond donors (Lipinski definition) is 3. The molecule has 3 amide bonds. The Labute approximate surface area is 270 Å². The Morgan fingerprint density at radius 1 is 1.02 bits per heavy atom. The largest absolute Gasteiger partial charge is 0.480 e. The van der Waals surface area contributed by atoms with E-state index >= 15 is 0 Å². The number of benzene rings is 2. The van der Waals surface area contributed by atoms with Gasteiger partial charge in [-0.3, -0.25) is 14.4 Å². The Hall–Kier alpha value is -2.72. The zero-order valence-corrected chi connectivity index (χ0v) is 26.8. The van der Waals surface area contributed by atoms with Crippen LogP contribution in [0.15, 0.2) is 47.4 Å². The van der Waals surface area contributed by atoms with Gasteiger partial charge in [0.15, 0.2) is 0 Å². The monoisotopic (exact) mass is 665 g/mol. The highest BCUT2D eigenvalue weighted by Gasteiger charge is 2.43. The number of piperidine rings is 1. The number of rotatable bonds is 10. The summed E-state index contributed by atoms with van der Waals surface area (Å²) in [5, 5.41) is 16.5. The van der Waals surface area contributed by atoms with Crippen LogP contribution in [-0.2, 0) is 24.6 Å². The van der Waals surface area contributed by atoms with Gasteiger partial charge >= 0.3 is 5.97 Å². The zero-order chi connectivity index (χ0) is 31.1. The van der Waals surface area contributed by atoms with Gasteiger partial charge in [0.05, 0.1) is 15.5 Å². The molecule has 8 nitrogen and oxygen atoms in total. The standard InChI is InChI=1S/C31H34Cl3N3O5S/c1-43-24-10-4-19(26(33)27(24)34)5-11-25(38)37-16-12-20(13-17-37)28(39)36-23(29(40)41)18-35-30(42)31(14-2-3-15-31)21-6-8-22(32)9-7-21/h4-11,20,23H,2-3,12-18H2,1H3,(H,35,42)(H,36,39)(H,40,41). The first-order valence-electron chi connectivity index (χ1n) is 14.1. The number of carbonyl (C=O) groups is 4. The molecule has 1 atom stereocenters. The van der Waals surface area contributed by atoms with Crippen LogP contribution < -0.4 is 10.6 Å². The predicted molar refractivity (Wildman–Crippen MR) is 171 cm³/mol. The molecule has 0 radical (unpaired) electrons. The van der Waals surface area contributed by atoms with Crippen molar-refractivity contribution in [2.45, 2.75) is 54.9 Å². The van der Waals surface area contributed by atoms with E-state index in [1.54, 1.807) is 29.2 Å². The van der Waals surface area contributed by atoms with Gasteiger partial charge in [-0.25, -0.2) is 4.79 Å². The van der Waals surface area contributed by atoms with Gasteiger partial charge < -0.3 is 20.6 Å². The molecular weight excluding hydrogens is 633 g/mol. The second-order valence-electron chi connectivity index (χ2n) is 10.8. The molecular formula is C31H34Cl3N3O5S. The lowest BCUT2D eigenvalue weighted by Crippen LogP contribution is -2.53. The van der Waals surface area contributed by atoms with Crippen LogP contribution in [0.2, 0.25) is 15.1 Å². The number of carboxylic acids is 1. The van der Waals surface area contributed by atoms with Crippen molar-refractivity contribution in [1.82, 2.24) is 15.5 Å². The van der Waals surface area contributed by atoms with Crippen LogP contribution in [-0.4, -0.2) is 65.6 Å². The smallest absolute Gasteiger partial charge is 0.328 e. The first kappa shape index (κ1) is 33.2. The van der Waals surface area contributed by atoms with E-state index in [9.17, 15) is 24.3 Å². The van der Waals surface area contributed by atoms with Crippen molar-refractivity contribution >= 4 is 76.3 Å². The summed E-state index contributed by atoms with van der Waals surface area (Å²) in [7, 11) is 0. The van der Waals surface area contributed by atoms with Gasteiger partial charge in [-0.05, 0) is 67.3 Å². The highest BCUT2D eigenvalue weighted by atomic mass is 35.5. The van der Waals surface area contributed by atoms with Gasteiger partial charge in [0.1, 0.15) is 6.04 Å². The zero-order valence-electron chi connectivity index (χ0n) is 23.7. The lowest BCUT2D eigenvalue weighted by molar-refractivity contribution is -0.143. The van der Waals surface area contributed by atoms with E-state index < -0.39 is 29.3 Å². The van der Waals surface area contributed by atoms with Crippen LogP contribution in [0.5, 0.6) is 0 Å². The maximum absolute atomic E-state index is 13.4. The summed E-state index contributed by atoms with van der Waals surface area (Å²) in [5.74, 6) is -2.56. The van der Waals surface area contributed by atoms with Crippen LogP contribution in [0.1, 0.15) is 49.7 Å². The molecule has 1 heterocycles. The van der Waals surface area contributed by atoms with E-state index in [0.29, 0.717) is 59.4 Å². The second kappa shape index (κ2) is 14.8. The third kappa shape index (κ3) is 7.87. The molecule has 0 bridgehead atoms. The van der Waals surface area contributed by atoms with Crippen LogP contribution in [0.4, 0.5) is 0 Å². The molecule has 2 aromatic rings. The van der Waals surface area contributed by atoms with Crippen molar-refractivity contribution in [3.05, 3.63) is 68.7 Å². The fourth-order valence-electron chi connectivity index (χ4n) is 5.71. The highest BCUT2D eigenvalue weighted by Crippen LogP contribution is 2.41. The van der Waals surface area contributed by atoms with Crippen LogP contribution >= 0.6 is 46.6 Å². The molecule has 1 saturated carbocycles. The minimum Gasteiger partial charge on any atom is -0.480 e. The second-order valence-corrected chi connectivity index (χ2v) is 12.9. The molecule has 1 unspecified atom stereocenters. The number of carbonyl (C=O) groups excluding carboxylic acids is 3. The summed E-state index contributed by atoms with van der Waals surface area (Å²) in [6.07, 6.45) is 8.81. The molecule has 12 heteroatoms. The van der Waals surface area contributed by atoms with Gasteiger partial charge in [0.25, 0.3) is 0 Å². The van der Waals surface area contributed by atoms with Crippen molar-refractivity contribution in [2.75, 3.05) is 25.9 Å². The van der Waals surface area contributed by atoms with Crippen molar-refractivity contribution in [3.8, 4) is 0 Å². The minimum absolute atomic E-state index is 0.215. The number of amides is 3. The first-order valence-corrected chi connectivity index (χ1v) is 16.5. The SMILES string of the molecule is CSc1ccc(C=CC(=O)N2CCC(C(=O)NC(CNC(=O)C3(c4ccc(Cl)cc4)CCCC3)C(=O)O)CC2)c(Cl)c1Cl. The number of nitrogens with one attached hydrogen (secondary N) is 2. The lowest BCUT2D eigenvalue weighted by Gasteiger charge is -2.32. The van der Waals surface area contributed by atoms with Crippen molar-refractivity contribution in [2.24, 2.45) is 5.92 Å². The number of likely N-dealkylation sites (tertiary alicyclic amines) is 1. The molecule has 230 valence electrons. The average molecular weight is 667 g/mol. The molecule has 0 spiro atoms. The summed E-state index contributed by atoms with van der Waals surface area (Å²) >= 11 is 20.1. The molecule has 2 aromatic carbocycles. The number of halogens is 3. The molecule has 2 aliphatic rings. The Morgan fingerprint density at radius 2 is 1.67 bits per heavy atom. The molecule has 1 aliphatic carbocycles. The summed E-state index contributed by atoms with van der Waals surface area (Å²) in [6.45, 7) is 0.459. The Balaban J connectivity index is 1.29. The fourth-order valence-corrected chi connectivity index (χ4v) is 7.01. The van der Waals surface area contributed by atoms with Crippen LogP contribution in [0, 0.1) is 5.92 Å². The molecule has 0 aromatic heterocycles. The van der Waals surface area contributed by atoms with Crippen molar-refractivity contribution < 1.29 is 24.3 Å². The van der Waals surface area contributed by atoms with E-state index in [4.69, 9.17) is 34.8 Å². The predicted octanol–water partition coefficient (Wildman–Crippen LogP) is 5.82. The molecule has 1 saturated heterocycles. The minimum atomic E-state index is -1.28. The Kier molecular flexibility index (Phi) is 11.5. The summed E-state index contributed by atoms with van der Waals surface area (Å²) in [5.41, 5.74) is 0.728. The number of thioether (sulfide) groups is 1. The summed E-state index contributed by atoms with van der Waals surface area (Å²) in [6, 6.07) is 9.53. The van der Waals surface area contributed by atoms with Crippen LogP contribution in [0.25, 0.3) is 6.08 Å². The average Bonchev–Trinajstić information content (AvgIpc) is 3.51. The van der Waals surface area contributed by atoms with Crippen LogP contribution in [0.3, 0.4) is 0 Å². The molecule has 4 rings (SSSR count). The number of nitrogens with zero attached hydrogens (tertiary/aromatic N) is 1. The van der Waals surface area contributed by atoms with E-state index in [1.807, 2.05) is 24.5 Å². The third-order valence-corrected chi connectivity index (χ3v) is 10.3. The number of carboxylic acid groups (broad SMARTS) is 1. The molecule has 1 aliphatic heterocycles. The fraction of sp³-hybridized carbons (Fsp3) is 0.419. The van der Waals surface area contributed by atoms with E-state index in [-0.39, 0.29) is 18.4 Å². The molecule has 43 heavy (non-hydrogen) atoms. The molecule has 2 fully saturated rings. The van der Waals surface area contributed by atoms with Gasteiger partial charge in [0, 0.05) is 41.5 Å². The normalized spacial score (nSPS) is 17.5. The Bertz CT molecular complexity index is 1390. The first-order chi connectivity index (χ1) is 20.6. The lowest BCUT2D eigenvalue weighted by atomic mass is 9.78. The van der Waals surface area contributed by atoms with Gasteiger partial charge in [-0.2, -0.15) is 0 Å². The van der Waals surface area contributed by atoms with E-state index in [1.165, 1.54) is 17.8 Å². The molecule has 3 N–H and O–H groups in total. The van der Waals surface area contributed by atoms with Crippen molar-refractivity contribution in [1.29, 1.82) is 0 Å². The quantitative estimate of drug-likeness (QED) is 0.218. The summed E-state index contributed by atoms with van der Waals surface area (Å²) in [4.78, 5) is 53.6. The van der Waals surface area contributed by atoms with Gasteiger partial charge in [0.2, 0.25) is 17.7 Å². The van der Waals surface area contributed by atoms with Gasteiger partial charge in [-0.15, -0.1) is 11.8 Å². The maximum Gasteiger partial charge on any atom is 0.328 e. The summed E-state index contributed by atoms with van der Waals surface area (Å²) < 4.78 is 0. The highest BCUT2D eigenvalue weighted by molar-refractivity contribution is 7.98. The Morgan fingerprint density at radius 3 is 2.28 bits per heavy atom. The van der Waals surface area contributed by atoms with Crippen molar-refractivity contribution in [3.63, 3.8) is 0 Å². The van der Waals surface area contributed by atoms with E-state index in [0.717, 1.165) is 23.3 Å². The third-order valence-electron chi connectivity index (χ3n) is 8.25. The number of aliphatic carboxylic acids is 1. The topological polar surface area (TPSA) is 116 Å². The number of hydrogen-bond acceptors (Lipinski definition) is 5. The van der Waals surface area contributed by atoms with E-state index in [2.05, 4.69) is 10.6 Å². The maximum atomic E-state index is 13.4.